The molecule has 2 aromatic carbocycles. The normalized spacial score (nSPS) is 20.9. The van der Waals surface area contributed by atoms with Crippen LogP contribution in [0.2, 0.25) is 0 Å². The second-order valence-electron chi connectivity index (χ2n) is 7.22. The van der Waals surface area contributed by atoms with E-state index in [-0.39, 0.29) is 35.9 Å². The highest BCUT2D eigenvalue weighted by atomic mass is 19.1. The first-order chi connectivity index (χ1) is 12.6. The number of hydrogen-bond acceptors (Lipinski definition) is 2. The molecular formula is C21H21FN2O2. The van der Waals surface area contributed by atoms with Crippen LogP contribution in [0.1, 0.15) is 24.8 Å². The van der Waals surface area contributed by atoms with E-state index in [1.54, 1.807) is 18.2 Å². The van der Waals surface area contributed by atoms with Gasteiger partial charge in [0.05, 0.1) is 11.6 Å². The third-order valence-electron chi connectivity index (χ3n) is 5.48. The van der Waals surface area contributed by atoms with Crippen LogP contribution in [0.25, 0.3) is 0 Å². The maximum atomic E-state index is 13.9. The minimum atomic E-state index is -0.442. The Hall–Kier alpha value is -2.69. The van der Waals surface area contributed by atoms with Gasteiger partial charge in [-0.25, -0.2) is 4.39 Å². The number of benzene rings is 2. The molecule has 1 saturated heterocycles. The van der Waals surface area contributed by atoms with E-state index in [1.807, 2.05) is 18.2 Å². The van der Waals surface area contributed by atoms with Gasteiger partial charge in [0.15, 0.2) is 0 Å². The van der Waals surface area contributed by atoms with Gasteiger partial charge in [-0.05, 0) is 30.5 Å². The van der Waals surface area contributed by atoms with Crippen LogP contribution in [0.4, 0.5) is 10.1 Å². The summed E-state index contributed by atoms with van der Waals surface area (Å²) in [6, 6.07) is 16.4. The Balaban J connectivity index is 1.39. The lowest BCUT2D eigenvalue weighted by atomic mass is 9.95. The minimum Gasteiger partial charge on any atom is -0.355 e. The van der Waals surface area contributed by atoms with Crippen molar-refractivity contribution in [2.75, 3.05) is 18.0 Å². The van der Waals surface area contributed by atoms with E-state index in [4.69, 9.17) is 0 Å². The highest BCUT2D eigenvalue weighted by molar-refractivity contribution is 6.00. The highest BCUT2D eigenvalue weighted by Crippen LogP contribution is 2.47. The summed E-state index contributed by atoms with van der Waals surface area (Å²) in [6.45, 7) is 0.810. The van der Waals surface area contributed by atoms with Gasteiger partial charge in [-0.1, -0.05) is 42.5 Å². The van der Waals surface area contributed by atoms with Gasteiger partial charge in [0.25, 0.3) is 0 Å². The molecule has 1 N–H and O–H groups in total. The first-order valence-electron chi connectivity index (χ1n) is 8.97. The SMILES string of the molecule is O=C(NCC1(c2ccccc2)CC1)[C@@H]1CC(=O)N(c2ccccc2F)C1. The zero-order valence-electron chi connectivity index (χ0n) is 14.5. The van der Waals surface area contributed by atoms with Crippen LogP contribution in [0.3, 0.4) is 0 Å². The molecule has 1 aliphatic carbocycles. The Bertz CT molecular complexity index is 833. The van der Waals surface area contributed by atoms with Crippen molar-refractivity contribution in [3.63, 3.8) is 0 Å². The van der Waals surface area contributed by atoms with Crippen molar-refractivity contribution in [1.82, 2.24) is 5.32 Å². The lowest BCUT2D eigenvalue weighted by Gasteiger charge is -2.19. The lowest BCUT2D eigenvalue weighted by Crippen LogP contribution is -2.37. The van der Waals surface area contributed by atoms with E-state index in [0.29, 0.717) is 6.54 Å². The number of nitrogens with one attached hydrogen (secondary N) is 1. The molecule has 1 saturated carbocycles. The number of rotatable bonds is 5. The minimum absolute atomic E-state index is 0.0325. The Morgan fingerprint density at radius 1 is 1.12 bits per heavy atom. The molecule has 26 heavy (non-hydrogen) atoms. The summed E-state index contributed by atoms with van der Waals surface area (Å²) < 4.78 is 13.9. The maximum absolute atomic E-state index is 13.9. The van der Waals surface area contributed by atoms with Crippen molar-refractivity contribution in [2.24, 2.45) is 5.92 Å². The summed E-state index contributed by atoms with van der Waals surface area (Å²) >= 11 is 0. The van der Waals surface area contributed by atoms with Gasteiger partial charge in [0.2, 0.25) is 11.8 Å². The van der Waals surface area contributed by atoms with Gasteiger partial charge in [0, 0.05) is 24.9 Å². The summed E-state index contributed by atoms with van der Waals surface area (Å²) in [7, 11) is 0. The smallest absolute Gasteiger partial charge is 0.227 e. The number of carbonyl (C=O) groups is 2. The monoisotopic (exact) mass is 352 g/mol. The predicted molar refractivity (Wildman–Crippen MR) is 97.2 cm³/mol. The number of amides is 2. The van der Waals surface area contributed by atoms with Crippen molar-refractivity contribution in [2.45, 2.75) is 24.7 Å². The lowest BCUT2D eigenvalue weighted by molar-refractivity contribution is -0.126. The van der Waals surface area contributed by atoms with Crippen LogP contribution in [0.15, 0.2) is 54.6 Å². The maximum Gasteiger partial charge on any atom is 0.227 e. The van der Waals surface area contributed by atoms with Crippen molar-refractivity contribution in [3.8, 4) is 0 Å². The van der Waals surface area contributed by atoms with Crippen LogP contribution < -0.4 is 10.2 Å². The Morgan fingerprint density at radius 2 is 1.81 bits per heavy atom. The van der Waals surface area contributed by atoms with E-state index in [0.717, 1.165) is 12.8 Å². The van der Waals surface area contributed by atoms with Gasteiger partial charge in [-0.3, -0.25) is 9.59 Å². The molecule has 4 nitrogen and oxygen atoms in total. The highest BCUT2D eigenvalue weighted by Gasteiger charge is 2.45. The second kappa shape index (κ2) is 6.56. The van der Waals surface area contributed by atoms with E-state index in [2.05, 4.69) is 17.4 Å². The first-order valence-corrected chi connectivity index (χ1v) is 8.97. The number of carbonyl (C=O) groups excluding carboxylic acids is 2. The van der Waals surface area contributed by atoms with Crippen LogP contribution >= 0.6 is 0 Å². The summed E-state index contributed by atoms with van der Waals surface area (Å²) in [5.41, 5.74) is 1.52. The molecule has 2 amide bonds. The van der Waals surface area contributed by atoms with Crippen LogP contribution in [0, 0.1) is 11.7 Å². The number of para-hydroxylation sites is 1. The van der Waals surface area contributed by atoms with E-state index in [1.165, 1.54) is 16.5 Å². The molecule has 2 fully saturated rings. The Kier molecular flexibility index (Phi) is 4.23. The molecular weight excluding hydrogens is 331 g/mol. The number of anilines is 1. The zero-order valence-corrected chi connectivity index (χ0v) is 14.5. The van der Waals surface area contributed by atoms with Crippen molar-refractivity contribution in [3.05, 3.63) is 66.0 Å². The van der Waals surface area contributed by atoms with E-state index in [9.17, 15) is 14.0 Å². The van der Waals surface area contributed by atoms with Crippen LogP contribution in [-0.4, -0.2) is 24.9 Å². The molecule has 1 atom stereocenters. The zero-order chi connectivity index (χ0) is 18.1. The second-order valence-corrected chi connectivity index (χ2v) is 7.22. The fourth-order valence-corrected chi connectivity index (χ4v) is 3.70. The topological polar surface area (TPSA) is 49.4 Å². The molecule has 0 radical (unpaired) electrons. The molecule has 0 aromatic heterocycles. The van der Waals surface area contributed by atoms with Gasteiger partial charge in [0.1, 0.15) is 5.82 Å². The summed E-state index contributed by atoms with van der Waals surface area (Å²) in [5.74, 6) is -1.21. The average molecular weight is 352 g/mol. The summed E-state index contributed by atoms with van der Waals surface area (Å²) in [5, 5.41) is 3.02. The molecule has 0 bridgehead atoms. The molecule has 5 heteroatoms. The van der Waals surface area contributed by atoms with E-state index >= 15 is 0 Å². The van der Waals surface area contributed by atoms with Crippen LogP contribution in [0.5, 0.6) is 0 Å². The molecule has 134 valence electrons. The van der Waals surface area contributed by atoms with Gasteiger partial charge >= 0.3 is 0 Å². The van der Waals surface area contributed by atoms with Gasteiger partial charge < -0.3 is 10.2 Å². The van der Waals surface area contributed by atoms with Crippen LogP contribution in [-0.2, 0) is 15.0 Å². The standard InChI is InChI=1S/C21H21FN2O2/c22-17-8-4-5-9-18(17)24-13-15(12-19(24)25)20(26)23-14-21(10-11-21)16-6-2-1-3-7-16/h1-9,15H,10-14H2,(H,23,26)/t15-/m1/s1. The Morgan fingerprint density at radius 3 is 2.50 bits per heavy atom. The van der Waals surface area contributed by atoms with Gasteiger partial charge in [-0.2, -0.15) is 0 Å². The first kappa shape index (κ1) is 16.8. The quantitative estimate of drug-likeness (QED) is 0.899. The number of nitrogens with zero attached hydrogens (tertiary/aromatic N) is 1. The largest absolute Gasteiger partial charge is 0.355 e. The van der Waals surface area contributed by atoms with Crippen molar-refractivity contribution >= 4 is 17.5 Å². The molecule has 0 unspecified atom stereocenters. The fourth-order valence-electron chi connectivity index (χ4n) is 3.70. The fraction of sp³-hybridized carbons (Fsp3) is 0.333. The number of halogens is 1. The summed E-state index contributed by atoms with van der Waals surface area (Å²) in [6.07, 6.45) is 2.24. The summed E-state index contributed by atoms with van der Waals surface area (Å²) in [4.78, 5) is 26.2. The average Bonchev–Trinajstić information content (AvgIpc) is 3.36. The molecule has 4 rings (SSSR count). The van der Waals surface area contributed by atoms with Crippen molar-refractivity contribution < 1.29 is 14.0 Å². The predicted octanol–water partition coefficient (Wildman–Crippen LogP) is 3.03. The molecule has 2 aliphatic rings. The third kappa shape index (κ3) is 3.09. The third-order valence-corrected chi connectivity index (χ3v) is 5.48. The molecule has 1 aliphatic heterocycles. The molecule has 0 spiro atoms. The molecule has 2 aromatic rings. The Labute approximate surface area is 152 Å². The van der Waals surface area contributed by atoms with Gasteiger partial charge in [-0.15, -0.1) is 0 Å². The molecule has 1 heterocycles. The van der Waals surface area contributed by atoms with Crippen molar-refractivity contribution in [1.29, 1.82) is 0 Å². The number of hydrogen-bond donors (Lipinski definition) is 1. The van der Waals surface area contributed by atoms with E-state index < -0.39 is 11.7 Å².